The molecular weight excluding hydrogens is 485 g/mol. The number of piperidine rings is 1. The fourth-order valence-corrected chi connectivity index (χ4v) is 5.52. The molecule has 2 aromatic heterocycles. The number of likely N-dealkylation sites (tertiary alicyclic amines) is 1. The molecule has 1 aliphatic heterocycles. The van der Waals surface area contributed by atoms with Crippen molar-refractivity contribution < 1.29 is 14.0 Å². The highest BCUT2D eigenvalue weighted by Crippen LogP contribution is 2.32. The quantitative estimate of drug-likeness (QED) is 0.513. The molecule has 1 saturated heterocycles. The van der Waals surface area contributed by atoms with E-state index in [0.29, 0.717) is 36.8 Å². The summed E-state index contributed by atoms with van der Waals surface area (Å²) in [5.74, 6) is -1.21. The van der Waals surface area contributed by atoms with Crippen molar-refractivity contribution in [1.29, 1.82) is 0 Å². The lowest BCUT2D eigenvalue weighted by Crippen LogP contribution is -2.38. The van der Waals surface area contributed by atoms with Crippen molar-refractivity contribution >= 4 is 51.2 Å². The van der Waals surface area contributed by atoms with Crippen molar-refractivity contribution in [2.24, 2.45) is 0 Å². The van der Waals surface area contributed by atoms with Crippen molar-refractivity contribution in [3.05, 3.63) is 55.7 Å². The SMILES string of the molecule is CC(C)(C)c1nnc(NC(=O)c2csc(C3CCN(C(=O)c4c(F)cccc4Cl)CC3)n2)s1. The summed E-state index contributed by atoms with van der Waals surface area (Å²) in [6.07, 6.45) is 1.36. The third-order valence-corrected chi connectivity index (χ3v) is 7.94. The lowest BCUT2D eigenvalue weighted by Gasteiger charge is -2.31. The summed E-state index contributed by atoms with van der Waals surface area (Å²) >= 11 is 8.82. The lowest BCUT2D eigenvalue weighted by atomic mass is 9.97. The number of nitrogens with zero attached hydrogens (tertiary/aromatic N) is 4. The number of anilines is 1. The molecule has 3 aromatic rings. The number of hydrogen-bond acceptors (Lipinski definition) is 7. The van der Waals surface area contributed by atoms with Crippen LogP contribution in [0.4, 0.5) is 9.52 Å². The Morgan fingerprint density at radius 2 is 1.94 bits per heavy atom. The first-order valence-electron chi connectivity index (χ1n) is 10.5. The summed E-state index contributed by atoms with van der Waals surface area (Å²) in [5, 5.41) is 14.9. The average molecular weight is 508 g/mol. The Bertz CT molecular complexity index is 1160. The van der Waals surface area contributed by atoms with Crippen LogP contribution in [0, 0.1) is 5.82 Å². The molecule has 4 rings (SSSR count). The number of carbonyl (C=O) groups is 2. The maximum atomic E-state index is 14.1. The smallest absolute Gasteiger partial charge is 0.276 e. The molecule has 1 fully saturated rings. The summed E-state index contributed by atoms with van der Waals surface area (Å²) in [4.78, 5) is 31.5. The van der Waals surface area contributed by atoms with E-state index in [4.69, 9.17) is 11.6 Å². The third kappa shape index (κ3) is 5.23. The monoisotopic (exact) mass is 507 g/mol. The van der Waals surface area contributed by atoms with E-state index < -0.39 is 11.7 Å². The lowest BCUT2D eigenvalue weighted by molar-refractivity contribution is 0.0708. The Kier molecular flexibility index (Phi) is 6.78. The maximum absolute atomic E-state index is 14.1. The van der Waals surface area contributed by atoms with Gasteiger partial charge in [0.25, 0.3) is 11.8 Å². The molecule has 7 nitrogen and oxygen atoms in total. The van der Waals surface area contributed by atoms with Gasteiger partial charge in [0.1, 0.15) is 16.5 Å². The molecule has 2 amide bonds. The molecule has 1 N–H and O–H groups in total. The summed E-state index contributed by atoms with van der Waals surface area (Å²) in [5.41, 5.74) is 0.110. The van der Waals surface area contributed by atoms with Gasteiger partial charge in [0.05, 0.1) is 15.6 Å². The van der Waals surface area contributed by atoms with Crippen molar-refractivity contribution in [3.63, 3.8) is 0 Å². The van der Waals surface area contributed by atoms with E-state index >= 15 is 0 Å². The minimum Gasteiger partial charge on any atom is -0.338 e. The predicted molar refractivity (Wildman–Crippen MR) is 128 cm³/mol. The van der Waals surface area contributed by atoms with Gasteiger partial charge < -0.3 is 4.90 Å². The molecule has 0 radical (unpaired) electrons. The van der Waals surface area contributed by atoms with Crippen LogP contribution in [0.5, 0.6) is 0 Å². The van der Waals surface area contributed by atoms with Gasteiger partial charge >= 0.3 is 0 Å². The van der Waals surface area contributed by atoms with Crippen LogP contribution < -0.4 is 5.32 Å². The Balaban J connectivity index is 1.36. The van der Waals surface area contributed by atoms with Crippen LogP contribution in [0.25, 0.3) is 0 Å². The van der Waals surface area contributed by atoms with Gasteiger partial charge in [0, 0.05) is 29.8 Å². The van der Waals surface area contributed by atoms with Crippen molar-refractivity contribution in [2.45, 2.75) is 44.9 Å². The van der Waals surface area contributed by atoms with Crippen LogP contribution in [0.15, 0.2) is 23.6 Å². The van der Waals surface area contributed by atoms with Crippen molar-refractivity contribution in [3.8, 4) is 0 Å². The molecule has 1 aromatic carbocycles. The third-order valence-electron chi connectivity index (χ3n) is 5.35. The van der Waals surface area contributed by atoms with Crippen LogP contribution in [0.2, 0.25) is 5.02 Å². The second kappa shape index (κ2) is 9.44. The Labute approximate surface area is 204 Å². The van der Waals surface area contributed by atoms with Crippen LogP contribution in [-0.4, -0.2) is 45.0 Å². The molecule has 0 atom stereocenters. The van der Waals surface area contributed by atoms with Gasteiger partial charge in [-0.25, -0.2) is 9.37 Å². The first-order valence-corrected chi connectivity index (χ1v) is 12.5. The van der Waals surface area contributed by atoms with Gasteiger partial charge in [-0.2, -0.15) is 0 Å². The summed E-state index contributed by atoms with van der Waals surface area (Å²) in [6.45, 7) is 7.05. The van der Waals surface area contributed by atoms with Gasteiger partial charge in [0.2, 0.25) is 5.13 Å². The number of amides is 2. The number of nitrogens with one attached hydrogen (secondary N) is 1. The normalized spacial score (nSPS) is 15.0. The zero-order valence-electron chi connectivity index (χ0n) is 18.4. The van der Waals surface area contributed by atoms with E-state index in [-0.39, 0.29) is 27.8 Å². The maximum Gasteiger partial charge on any atom is 0.276 e. The molecule has 3 heterocycles. The molecule has 1 aliphatic rings. The second-order valence-corrected chi connectivity index (χ2v) is 11.1. The van der Waals surface area contributed by atoms with Gasteiger partial charge in [-0.15, -0.1) is 21.5 Å². The fraction of sp³-hybridized carbons (Fsp3) is 0.409. The van der Waals surface area contributed by atoms with Crippen LogP contribution in [0.3, 0.4) is 0 Å². The molecule has 0 unspecified atom stereocenters. The van der Waals surface area contributed by atoms with E-state index in [1.807, 2.05) is 20.8 Å². The van der Waals surface area contributed by atoms with E-state index in [1.165, 1.54) is 40.9 Å². The number of benzene rings is 1. The number of thiazole rings is 1. The van der Waals surface area contributed by atoms with Gasteiger partial charge in [-0.1, -0.05) is 49.8 Å². The van der Waals surface area contributed by atoms with Crippen molar-refractivity contribution in [1.82, 2.24) is 20.1 Å². The number of rotatable bonds is 4. The summed E-state index contributed by atoms with van der Waals surface area (Å²) < 4.78 is 14.1. The van der Waals surface area contributed by atoms with Crippen LogP contribution in [-0.2, 0) is 5.41 Å². The molecule has 0 spiro atoms. The molecule has 0 aliphatic carbocycles. The Morgan fingerprint density at radius 1 is 1.21 bits per heavy atom. The number of carbonyl (C=O) groups excluding carboxylic acids is 2. The van der Waals surface area contributed by atoms with Gasteiger partial charge in [-0.3, -0.25) is 14.9 Å². The second-order valence-electron chi connectivity index (χ2n) is 8.85. The molecular formula is C22H23ClFN5O2S2. The Hall–Kier alpha value is -2.43. The highest BCUT2D eigenvalue weighted by molar-refractivity contribution is 7.15. The first-order chi connectivity index (χ1) is 15.6. The standard InChI is InChI=1S/C22H23ClFN5O2S2/c1-22(2,3)20-27-28-21(33-20)26-17(30)15-11-32-18(25-15)12-7-9-29(10-8-12)19(31)16-13(23)5-4-6-14(16)24/h4-6,11-12H,7-10H2,1-3H3,(H,26,28,30). The molecule has 0 saturated carbocycles. The van der Waals surface area contributed by atoms with Crippen molar-refractivity contribution in [2.75, 3.05) is 18.4 Å². The Morgan fingerprint density at radius 3 is 2.58 bits per heavy atom. The highest BCUT2D eigenvalue weighted by atomic mass is 35.5. The number of hydrogen-bond donors (Lipinski definition) is 1. The topological polar surface area (TPSA) is 88.1 Å². The summed E-state index contributed by atoms with van der Waals surface area (Å²) in [7, 11) is 0. The zero-order valence-corrected chi connectivity index (χ0v) is 20.8. The van der Waals surface area contributed by atoms with E-state index in [9.17, 15) is 14.0 Å². The summed E-state index contributed by atoms with van der Waals surface area (Å²) in [6, 6.07) is 4.23. The van der Waals surface area contributed by atoms with Gasteiger partial charge in [0.15, 0.2) is 0 Å². The zero-order chi connectivity index (χ0) is 23.8. The number of halogens is 2. The van der Waals surface area contributed by atoms with Crippen LogP contribution >= 0.6 is 34.3 Å². The average Bonchev–Trinajstić information content (AvgIpc) is 3.43. The highest BCUT2D eigenvalue weighted by Gasteiger charge is 2.29. The molecule has 33 heavy (non-hydrogen) atoms. The number of aromatic nitrogens is 3. The van der Waals surface area contributed by atoms with E-state index in [0.717, 1.165) is 10.0 Å². The molecule has 174 valence electrons. The van der Waals surface area contributed by atoms with Crippen LogP contribution in [0.1, 0.15) is 70.4 Å². The van der Waals surface area contributed by atoms with E-state index in [1.54, 1.807) is 10.3 Å². The molecule has 11 heteroatoms. The molecule has 0 bridgehead atoms. The largest absolute Gasteiger partial charge is 0.338 e. The minimum absolute atomic E-state index is 0.0860. The fourth-order valence-electron chi connectivity index (χ4n) is 3.51. The first kappa shape index (κ1) is 23.7. The minimum atomic E-state index is -0.616. The predicted octanol–water partition coefficient (Wildman–Crippen LogP) is 5.36. The van der Waals surface area contributed by atoms with E-state index in [2.05, 4.69) is 20.5 Å². The van der Waals surface area contributed by atoms with Gasteiger partial charge in [-0.05, 0) is 25.0 Å².